The summed E-state index contributed by atoms with van der Waals surface area (Å²) in [6.07, 6.45) is 0. The predicted molar refractivity (Wildman–Crippen MR) is 60.2 cm³/mol. The normalized spacial score (nSPS) is 20.2. The summed E-state index contributed by atoms with van der Waals surface area (Å²) in [5.74, 6) is 1.38. The molecule has 0 amide bonds. The number of anilines is 1. The standard InChI is InChI=1S/C11H14BrN/c1-7(2)10-6-13-11-4-3-8(12)5-9(10)11/h3-5,7,10,13H,6H2,1-2H3/t10-/m0/s1. The SMILES string of the molecule is CC(C)[C@@H]1CNc2ccc(Br)cc21. The van der Waals surface area contributed by atoms with Crippen LogP contribution in [0.3, 0.4) is 0 Å². The van der Waals surface area contributed by atoms with E-state index in [0.29, 0.717) is 11.8 Å². The Morgan fingerprint density at radius 1 is 1.46 bits per heavy atom. The molecule has 0 saturated carbocycles. The third-order valence-electron chi connectivity index (χ3n) is 2.73. The number of hydrogen-bond acceptors (Lipinski definition) is 1. The Morgan fingerprint density at radius 3 is 2.92 bits per heavy atom. The van der Waals surface area contributed by atoms with Crippen LogP contribution in [-0.4, -0.2) is 6.54 Å². The monoisotopic (exact) mass is 239 g/mol. The van der Waals surface area contributed by atoms with E-state index in [1.54, 1.807) is 0 Å². The summed E-state index contributed by atoms with van der Waals surface area (Å²) < 4.78 is 1.18. The van der Waals surface area contributed by atoms with Gasteiger partial charge in [0.15, 0.2) is 0 Å². The number of nitrogens with one attached hydrogen (secondary N) is 1. The highest BCUT2D eigenvalue weighted by molar-refractivity contribution is 9.10. The Balaban J connectivity index is 2.40. The first-order valence-electron chi connectivity index (χ1n) is 4.72. The molecule has 0 bridgehead atoms. The molecule has 1 aromatic carbocycles. The molecule has 13 heavy (non-hydrogen) atoms. The van der Waals surface area contributed by atoms with Crippen molar-refractivity contribution in [3.05, 3.63) is 28.2 Å². The van der Waals surface area contributed by atoms with Gasteiger partial charge in [0.1, 0.15) is 0 Å². The lowest BCUT2D eigenvalue weighted by Gasteiger charge is -2.14. The van der Waals surface area contributed by atoms with Gasteiger partial charge in [0.25, 0.3) is 0 Å². The summed E-state index contributed by atoms with van der Waals surface area (Å²) in [5, 5.41) is 3.44. The second kappa shape index (κ2) is 3.33. The molecule has 1 heterocycles. The van der Waals surface area contributed by atoms with Gasteiger partial charge in [-0.25, -0.2) is 0 Å². The van der Waals surface area contributed by atoms with Crippen molar-refractivity contribution in [1.82, 2.24) is 0 Å². The van der Waals surface area contributed by atoms with Gasteiger partial charge in [-0.3, -0.25) is 0 Å². The molecule has 1 atom stereocenters. The van der Waals surface area contributed by atoms with E-state index in [9.17, 15) is 0 Å². The molecule has 0 spiro atoms. The van der Waals surface area contributed by atoms with E-state index < -0.39 is 0 Å². The highest BCUT2D eigenvalue weighted by Gasteiger charge is 2.24. The van der Waals surface area contributed by atoms with Gasteiger partial charge in [0, 0.05) is 22.6 Å². The first kappa shape index (κ1) is 9.07. The van der Waals surface area contributed by atoms with Gasteiger partial charge >= 0.3 is 0 Å². The number of rotatable bonds is 1. The Labute approximate surface area is 87.7 Å². The van der Waals surface area contributed by atoms with Gasteiger partial charge in [0.05, 0.1) is 0 Å². The third-order valence-corrected chi connectivity index (χ3v) is 3.22. The minimum absolute atomic E-state index is 0.674. The fourth-order valence-electron chi connectivity index (χ4n) is 1.93. The molecule has 0 radical (unpaired) electrons. The lowest BCUT2D eigenvalue weighted by atomic mass is 9.90. The number of fused-ring (bicyclic) bond motifs is 1. The smallest absolute Gasteiger partial charge is 0.0377 e. The quantitative estimate of drug-likeness (QED) is 0.790. The van der Waals surface area contributed by atoms with Crippen LogP contribution in [0.15, 0.2) is 22.7 Å². The lowest BCUT2D eigenvalue weighted by Crippen LogP contribution is -2.08. The maximum atomic E-state index is 3.51. The van der Waals surface area contributed by atoms with Crippen molar-refractivity contribution in [2.45, 2.75) is 19.8 Å². The molecular weight excluding hydrogens is 226 g/mol. The van der Waals surface area contributed by atoms with Crippen molar-refractivity contribution in [3.63, 3.8) is 0 Å². The summed E-state index contributed by atoms with van der Waals surface area (Å²) in [6.45, 7) is 5.65. The van der Waals surface area contributed by atoms with Crippen LogP contribution in [0.25, 0.3) is 0 Å². The molecule has 1 aromatic rings. The van der Waals surface area contributed by atoms with Crippen LogP contribution in [0.5, 0.6) is 0 Å². The molecular formula is C11H14BrN. The minimum atomic E-state index is 0.674. The highest BCUT2D eigenvalue weighted by Crippen LogP contribution is 2.37. The first-order chi connectivity index (χ1) is 6.18. The Morgan fingerprint density at radius 2 is 2.23 bits per heavy atom. The molecule has 0 fully saturated rings. The molecule has 0 aromatic heterocycles. The lowest BCUT2D eigenvalue weighted by molar-refractivity contribution is 0.533. The van der Waals surface area contributed by atoms with Crippen LogP contribution >= 0.6 is 15.9 Å². The zero-order chi connectivity index (χ0) is 9.42. The van der Waals surface area contributed by atoms with E-state index in [1.807, 2.05) is 0 Å². The molecule has 70 valence electrons. The van der Waals surface area contributed by atoms with E-state index >= 15 is 0 Å². The van der Waals surface area contributed by atoms with Gasteiger partial charge in [-0.2, -0.15) is 0 Å². The van der Waals surface area contributed by atoms with Crippen LogP contribution in [0.2, 0.25) is 0 Å². The van der Waals surface area contributed by atoms with Crippen LogP contribution in [-0.2, 0) is 0 Å². The van der Waals surface area contributed by atoms with E-state index in [0.717, 1.165) is 6.54 Å². The highest BCUT2D eigenvalue weighted by atomic mass is 79.9. The first-order valence-corrected chi connectivity index (χ1v) is 5.51. The summed E-state index contributed by atoms with van der Waals surface area (Å²) in [4.78, 5) is 0. The van der Waals surface area contributed by atoms with Crippen molar-refractivity contribution in [2.75, 3.05) is 11.9 Å². The van der Waals surface area contributed by atoms with Gasteiger partial charge in [0.2, 0.25) is 0 Å². The fraction of sp³-hybridized carbons (Fsp3) is 0.455. The largest absolute Gasteiger partial charge is 0.384 e. The molecule has 1 aliphatic heterocycles. The molecule has 1 N–H and O–H groups in total. The second-order valence-electron chi connectivity index (χ2n) is 3.96. The van der Waals surface area contributed by atoms with Crippen LogP contribution in [0.1, 0.15) is 25.3 Å². The topological polar surface area (TPSA) is 12.0 Å². The maximum Gasteiger partial charge on any atom is 0.0377 e. The van der Waals surface area contributed by atoms with E-state index in [2.05, 4.69) is 53.3 Å². The third kappa shape index (κ3) is 1.60. The average Bonchev–Trinajstić information content (AvgIpc) is 2.46. The summed E-state index contributed by atoms with van der Waals surface area (Å²) >= 11 is 3.51. The number of benzene rings is 1. The number of hydrogen-bond donors (Lipinski definition) is 1. The van der Waals surface area contributed by atoms with Crippen molar-refractivity contribution < 1.29 is 0 Å². The predicted octanol–water partition coefficient (Wildman–Crippen LogP) is 3.61. The van der Waals surface area contributed by atoms with Gasteiger partial charge < -0.3 is 5.32 Å². The van der Waals surface area contributed by atoms with Crippen LogP contribution in [0.4, 0.5) is 5.69 Å². The molecule has 0 unspecified atom stereocenters. The zero-order valence-electron chi connectivity index (χ0n) is 7.97. The fourth-order valence-corrected chi connectivity index (χ4v) is 2.30. The zero-order valence-corrected chi connectivity index (χ0v) is 9.56. The van der Waals surface area contributed by atoms with E-state index in [-0.39, 0.29) is 0 Å². The summed E-state index contributed by atoms with van der Waals surface area (Å²) in [6, 6.07) is 6.48. The van der Waals surface area contributed by atoms with Crippen molar-refractivity contribution >= 4 is 21.6 Å². The van der Waals surface area contributed by atoms with E-state index in [4.69, 9.17) is 0 Å². The number of halogens is 1. The van der Waals surface area contributed by atoms with E-state index in [1.165, 1.54) is 15.7 Å². The molecule has 0 aliphatic carbocycles. The molecule has 2 heteroatoms. The summed E-state index contributed by atoms with van der Waals surface area (Å²) in [5.41, 5.74) is 2.77. The van der Waals surface area contributed by atoms with Crippen molar-refractivity contribution in [2.24, 2.45) is 5.92 Å². The molecule has 0 saturated heterocycles. The van der Waals surface area contributed by atoms with Crippen molar-refractivity contribution in [1.29, 1.82) is 0 Å². The average molecular weight is 240 g/mol. The van der Waals surface area contributed by atoms with Crippen LogP contribution in [0, 0.1) is 5.92 Å². The summed E-state index contributed by atoms with van der Waals surface area (Å²) in [7, 11) is 0. The van der Waals surface area contributed by atoms with Gasteiger partial charge in [-0.15, -0.1) is 0 Å². The van der Waals surface area contributed by atoms with Crippen molar-refractivity contribution in [3.8, 4) is 0 Å². The van der Waals surface area contributed by atoms with Gasteiger partial charge in [-0.1, -0.05) is 29.8 Å². The molecule has 1 aliphatic rings. The molecule has 2 rings (SSSR count). The Kier molecular flexibility index (Phi) is 2.33. The second-order valence-corrected chi connectivity index (χ2v) is 4.88. The van der Waals surface area contributed by atoms with Crippen LogP contribution < -0.4 is 5.32 Å². The Bertz CT molecular complexity index is 320. The van der Waals surface area contributed by atoms with Gasteiger partial charge in [-0.05, 0) is 29.7 Å². The molecule has 1 nitrogen and oxygen atoms in total. The maximum absolute atomic E-state index is 3.51. The minimum Gasteiger partial charge on any atom is -0.384 e. The Hall–Kier alpha value is -0.500.